The molecule has 1 aliphatic heterocycles. The number of piperazine rings is 1. The first-order valence-electron chi connectivity index (χ1n) is 6.42. The van der Waals surface area contributed by atoms with Crippen molar-refractivity contribution in [2.75, 3.05) is 31.1 Å². The molecule has 0 unspecified atom stereocenters. The molecule has 0 aromatic heterocycles. The zero-order valence-corrected chi connectivity index (χ0v) is 11.9. The minimum Gasteiger partial charge on any atom is -0.363 e. The molecular weight excluding hydrogens is 266 g/mol. The molecule has 0 amide bonds. The summed E-state index contributed by atoms with van der Waals surface area (Å²) in [5.41, 5.74) is 0.642. The van der Waals surface area contributed by atoms with E-state index in [2.05, 4.69) is 18.7 Å². The number of hydrogen-bond donors (Lipinski definition) is 0. The van der Waals surface area contributed by atoms with Gasteiger partial charge in [-0.05, 0) is 26.0 Å². The third-order valence-corrected chi connectivity index (χ3v) is 3.84. The molecule has 1 aliphatic rings. The Kier molecular flexibility index (Phi) is 4.27. The predicted octanol–water partition coefficient (Wildman–Crippen LogP) is 2.78. The van der Waals surface area contributed by atoms with Gasteiger partial charge in [-0.1, -0.05) is 17.7 Å². The predicted molar refractivity (Wildman–Crippen MR) is 77.0 cm³/mol. The van der Waals surface area contributed by atoms with Gasteiger partial charge in [0.15, 0.2) is 0 Å². The van der Waals surface area contributed by atoms with E-state index in [9.17, 15) is 10.1 Å². The SMILES string of the molecule is CC(C)N1CCN(c2cccc(Cl)c2[N+](=O)[O-])CC1. The van der Waals surface area contributed by atoms with E-state index in [0.717, 1.165) is 26.2 Å². The van der Waals surface area contributed by atoms with Gasteiger partial charge in [0, 0.05) is 32.2 Å². The van der Waals surface area contributed by atoms with Gasteiger partial charge in [0.1, 0.15) is 10.7 Å². The van der Waals surface area contributed by atoms with Crippen LogP contribution in [0.5, 0.6) is 0 Å². The summed E-state index contributed by atoms with van der Waals surface area (Å²) in [6.07, 6.45) is 0. The summed E-state index contributed by atoms with van der Waals surface area (Å²) in [6, 6.07) is 5.61. The van der Waals surface area contributed by atoms with Gasteiger partial charge < -0.3 is 4.90 Å². The lowest BCUT2D eigenvalue weighted by Gasteiger charge is -2.37. The van der Waals surface area contributed by atoms with Crippen LogP contribution in [-0.2, 0) is 0 Å². The first kappa shape index (κ1) is 14.1. The van der Waals surface area contributed by atoms with Crippen molar-refractivity contribution in [1.29, 1.82) is 0 Å². The molecule has 19 heavy (non-hydrogen) atoms. The van der Waals surface area contributed by atoms with Gasteiger partial charge in [-0.3, -0.25) is 15.0 Å². The lowest BCUT2D eigenvalue weighted by Crippen LogP contribution is -2.49. The van der Waals surface area contributed by atoms with E-state index in [1.807, 2.05) is 4.90 Å². The molecule has 104 valence electrons. The molecule has 0 radical (unpaired) electrons. The van der Waals surface area contributed by atoms with E-state index < -0.39 is 4.92 Å². The minimum atomic E-state index is -0.396. The summed E-state index contributed by atoms with van der Waals surface area (Å²) in [6.45, 7) is 7.75. The molecule has 2 rings (SSSR count). The normalized spacial score (nSPS) is 16.9. The molecule has 0 spiro atoms. The van der Waals surface area contributed by atoms with E-state index >= 15 is 0 Å². The molecular formula is C13H18ClN3O2. The topological polar surface area (TPSA) is 49.6 Å². The molecule has 0 atom stereocenters. The highest BCUT2D eigenvalue weighted by molar-refractivity contribution is 6.33. The Morgan fingerprint density at radius 2 is 1.89 bits per heavy atom. The number of nitro groups is 1. The number of rotatable bonds is 3. The molecule has 1 saturated heterocycles. The zero-order valence-electron chi connectivity index (χ0n) is 11.2. The Morgan fingerprint density at radius 3 is 2.42 bits per heavy atom. The van der Waals surface area contributed by atoms with Crippen molar-refractivity contribution in [3.05, 3.63) is 33.3 Å². The molecule has 1 heterocycles. The minimum absolute atomic E-state index is 0.0159. The molecule has 1 aromatic carbocycles. The van der Waals surface area contributed by atoms with Crippen LogP contribution < -0.4 is 4.90 Å². The van der Waals surface area contributed by atoms with Crippen LogP contribution in [0.25, 0.3) is 0 Å². The number of halogens is 1. The molecule has 1 aromatic rings. The Hall–Kier alpha value is -1.33. The molecule has 0 N–H and O–H groups in total. The van der Waals surface area contributed by atoms with Crippen LogP contribution in [0, 0.1) is 10.1 Å². The fraction of sp³-hybridized carbons (Fsp3) is 0.538. The summed E-state index contributed by atoms with van der Waals surface area (Å²) in [7, 11) is 0. The van der Waals surface area contributed by atoms with E-state index in [4.69, 9.17) is 11.6 Å². The van der Waals surface area contributed by atoms with E-state index in [1.165, 1.54) is 0 Å². The maximum absolute atomic E-state index is 11.1. The Labute approximate surface area is 117 Å². The highest BCUT2D eigenvalue weighted by Gasteiger charge is 2.26. The highest BCUT2D eigenvalue weighted by atomic mass is 35.5. The van der Waals surface area contributed by atoms with Crippen molar-refractivity contribution >= 4 is 23.0 Å². The lowest BCUT2D eigenvalue weighted by atomic mass is 10.2. The van der Waals surface area contributed by atoms with Gasteiger partial charge in [0.2, 0.25) is 0 Å². The Balaban J connectivity index is 2.20. The van der Waals surface area contributed by atoms with Crippen molar-refractivity contribution in [3.63, 3.8) is 0 Å². The number of nitro benzene ring substituents is 1. The van der Waals surface area contributed by atoms with Crippen LogP contribution in [0.15, 0.2) is 18.2 Å². The maximum atomic E-state index is 11.1. The molecule has 0 bridgehead atoms. The number of hydrogen-bond acceptors (Lipinski definition) is 4. The Morgan fingerprint density at radius 1 is 1.26 bits per heavy atom. The van der Waals surface area contributed by atoms with Crippen LogP contribution in [0.4, 0.5) is 11.4 Å². The second kappa shape index (κ2) is 5.75. The van der Waals surface area contributed by atoms with Crippen LogP contribution in [0.3, 0.4) is 0 Å². The molecule has 0 saturated carbocycles. The maximum Gasteiger partial charge on any atom is 0.310 e. The smallest absolute Gasteiger partial charge is 0.310 e. The first-order chi connectivity index (χ1) is 9.00. The number of nitrogens with zero attached hydrogens (tertiary/aromatic N) is 3. The van der Waals surface area contributed by atoms with E-state index in [1.54, 1.807) is 18.2 Å². The van der Waals surface area contributed by atoms with Gasteiger partial charge in [-0.2, -0.15) is 0 Å². The second-order valence-corrected chi connectivity index (χ2v) is 5.39. The van der Waals surface area contributed by atoms with Crippen LogP contribution >= 0.6 is 11.6 Å². The third kappa shape index (κ3) is 2.98. The van der Waals surface area contributed by atoms with E-state index in [-0.39, 0.29) is 10.7 Å². The molecule has 1 fully saturated rings. The van der Waals surface area contributed by atoms with Crippen LogP contribution in [0.1, 0.15) is 13.8 Å². The largest absolute Gasteiger partial charge is 0.363 e. The van der Waals surface area contributed by atoms with Gasteiger partial charge in [-0.25, -0.2) is 0 Å². The monoisotopic (exact) mass is 283 g/mol. The average Bonchev–Trinajstić information content (AvgIpc) is 2.38. The Bertz CT molecular complexity index is 471. The van der Waals surface area contributed by atoms with Crippen molar-refractivity contribution < 1.29 is 4.92 Å². The second-order valence-electron chi connectivity index (χ2n) is 4.98. The molecule has 5 nitrogen and oxygen atoms in total. The fourth-order valence-corrected chi connectivity index (χ4v) is 2.66. The summed E-state index contributed by atoms with van der Waals surface area (Å²) < 4.78 is 0. The average molecular weight is 284 g/mol. The summed E-state index contributed by atoms with van der Waals surface area (Å²) in [4.78, 5) is 15.2. The van der Waals surface area contributed by atoms with Gasteiger partial charge >= 0.3 is 5.69 Å². The number of benzene rings is 1. The van der Waals surface area contributed by atoms with Crippen LogP contribution in [-0.4, -0.2) is 42.0 Å². The number of anilines is 1. The van der Waals surface area contributed by atoms with Crippen molar-refractivity contribution in [2.45, 2.75) is 19.9 Å². The summed E-state index contributed by atoms with van der Waals surface area (Å²) in [5, 5.41) is 11.3. The van der Waals surface area contributed by atoms with Gasteiger partial charge in [0.05, 0.1) is 4.92 Å². The van der Waals surface area contributed by atoms with Gasteiger partial charge in [0.25, 0.3) is 0 Å². The lowest BCUT2D eigenvalue weighted by molar-refractivity contribution is -0.384. The zero-order chi connectivity index (χ0) is 14.0. The molecule has 0 aliphatic carbocycles. The fourth-order valence-electron chi connectivity index (χ4n) is 2.42. The van der Waals surface area contributed by atoms with E-state index in [0.29, 0.717) is 11.7 Å². The number of para-hydroxylation sites is 1. The molecule has 6 heteroatoms. The summed E-state index contributed by atoms with van der Waals surface area (Å²) in [5.74, 6) is 0. The highest BCUT2D eigenvalue weighted by Crippen LogP contribution is 2.35. The van der Waals surface area contributed by atoms with Crippen molar-refractivity contribution in [2.24, 2.45) is 0 Å². The van der Waals surface area contributed by atoms with Crippen molar-refractivity contribution in [3.8, 4) is 0 Å². The quantitative estimate of drug-likeness (QED) is 0.632. The third-order valence-electron chi connectivity index (χ3n) is 3.53. The van der Waals surface area contributed by atoms with Crippen LogP contribution in [0.2, 0.25) is 5.02 Å². The van der Waals surface area contributed by atoms with Gasteiger partial charge in [-0.15, -0.1) is 0 Å². The summed E-state index contributed by atoms with van der Waals surface area (Å²) >= 11 is 5.94. The first-order valence-corrected chi connectivity index (χ1v) is 6.80. The standard InChI is InChI=1S/C13H18ClN3O2/c1-10(2)15-6-8-16(9-7-15)12-5-3-4-11(14)13(12)17(18)19/h3-5,10H,6-9H2,1-2H3. The van der Waals surface area contributed by atoms with Crippen molar-refractivity contribution in [1.82, 2.24) is 4.90 Å².